The number of nitrogens with one attached hydrogen (secondary N) is 2. The number of nitrogens with zero attached hydrogens (tertiary/aromatic N) is 1. The van der Waals surface area contributed by atoms with Crippen LogP contribution >= 0.6 is 0 Å². The Morgan fingerprint density at radius 1 is 1.22 bits per heavy atom. The first kappa shape index (κ1) is 12.0. The van der Waals surface area contributed by atoms with Crippen LogP contribution in [0.4, 0.5) is 0 Å². The average Bonchev–Trinajstić information content (AvgIpc) is 2.94. The molecule has 0 radical (unpaired) electrons. The summed E-state index contributed by atoms with van der Waals surface area (Å²) in [4.78, 5) is 25.4. The fourth-order valence-corrected chi connectivity index (χ4v) is 3.57. The third-order valence-electron chi connectivity index (χ3n) is 4.64. The molecule has 0 aromatic heterocycles. The zero-order valence-corrected chi connectivity index (χ0v) is 10.8. The van der Waals surface area contributed by atoms with Gasteiger partial charge in [-0.1, -0.05) is 0 Å². The van der Waals surface area contributed by atoms with Crippen LogP contribution in [0, 0.1) is 0 Å². The third kappa shape index (κ3) is 2.11. The molecule has 2 N–H and O–H groups in total. The highest BCUT2D eigenvalue weighted by molar-refractivity contribution is 5.90. The Balaban J connectivity index is 1.62. The largest absolute Gasteiger partial charge is 0.344 e. The number of carbonyl (C=O) groups excluding carboxylic acids is 2. The van der Waals surface area contributed by atoms with E-state index >= 15 is 0 Å². The summed E-state index contributed by atoms with van der Waals surface area (Å²) in [6.07, 6.45) is 5.73. The summed E-state index contributed by atoms with van der Waals surface area (Å²) in [6, 6.07) is 1.23. The topological polar surface area (TPSA) is 61.4 Å². The molecule has 3 aliphatic heterocycles. The summed E-state index contributed by atoms with van der Waals surface area (Å²) in [5.74, 6) is 0.0966. The van der Waals surface area contributed by atoms with Crippen molar-refractivity contribution in [2.75, 3.05) is 7.05 Å². The van der Waals surface area contributed by atoms with Gasteiger partial charge in [0.25, 0.3) is 0 Å². The Labute approximate surface area is 107 Å². The first-order chi connectivity index (χ1) is 8.63. The number of hydrogen-bond donors (Lipinski definition) is 2. The molecule has 3 fully saturated rings. The van der Waals surface area contributed by atoms with Crippen molar-refractivity contribution < 1.29 is 9.59 Å². The molecular formula is C13H21N3O2. The van der Waals surface area contributed by atoms with Crippen LogP contribution in [0.5, 0.6) is 0 Å². The van der Waals surface area contributed by atoms with Crippen LogP contribution in [0.25, 0.3) is 0 Å². The quantitative estimate of drug-likeness (QED) is 0.726. The number of rotatable bonds is 2. The normalized spacial score (nSPS) is 38.6. The molecule has 2 bridgehead atoms. The molecule has 18 heavy (non-hydrogen) atoms. The van der Waals surface area contributed by atoms with E-state index in [1.807, 2.05) is 11.9 Å². The fraction of sp³-hybridized carbons (Fsp3) is 0.846. The molecule has 5 nitrogen and oxygen atoms in total. The fourth-order valence-electron chi connectivity index (χ4n) is 3.57. The summed E-state index contributed by atoms with van der Waals surface area (Å²) in [5.41, 5.74) is 0. The van der Waals surface area contributed by atoms with Gasteiger partial charge in [0.2, 0.25) is 11.8 Å². The van der Waals surface area contributed by atoms with Crippen molar-refractivity contribution in [3.63, 3.8) is 0 Å². The minimum Gasteiger partial charge on any atom is -0.344 e. The van der Waals surface area contributed by atoms with E-state index in [1.54, 1.807) is 0 Å². The van der Waals surface area contributed by atoms with Crippen LogP contribution in [0.15, 0.2) is 0 Å². The molecular weight excluding hydrogens is 230 g/mol. The number of hydrogen-bond acceptors (Lipinski definition) is 3. The van der Waals surface area contributed by atoms with Crippen molar-refractivity contribution in [3.05, 3.63) is 0 Å². The van der Waals surface area contributed by atoms with Gasteiger partial charge in [0.15, 0.2) is 0 Å². The lowest BCUT2D eigenvalue weighted by Gasteiger charge is -2.36. The molecule has 0 aliphatic carbocycles. The van der Waals surface area contributed by atoms with Gasteiger partial charge >= 0.3 is 0 Å². The van der Waals surface area contributed by atoms with Crippen molar-refractivity contribution >= 4 is 11.8 Å². The summed E-state index contributed by atoms with van der Waals surface area (Å²) in [7, 11) is 1.89. The number of likely N-dealkylation sites (N-methyl/N-ethyl adjacent to an activating group) is 1. The maximum atomic E-state index is 12.3. The monoisotopic (exact) mass is 251 g/mol. The van der Waals surface area contributed by atoms with Gasteiger partial charge < -0.3 is 15.5 Å². The number of amides is 2. The molecule has 0 spiro atoms. The van der Waals surface area contributed by atoms with Crippen LogP contribution in [-0.4, -0.2) is 47.9 Å². The first-order valence-electron chi connectivity index (χ1n) is 6.95. The van der Waals surface area contributed by atoms with Crippen LogP contribution in [-0.2, 0) is 9.59 Å². The number of fused-ring (bicyclic) bond motifs is 2. The maximum Gasteiger partial charge on any atom is 0.245 e. The Morgan fingerprint density at radius 2 is 1.89 bits per heavy atom. The summed E-state index contributed by atoms with van der Waals surface area (Å²) in [5, 5.41) is 6.35. The zero-order valence-electron chi connectivity index (χ0n) is 10.8. The van der Waals surface area contributed by atoms with E-state index in [0.717, 1.165) is 12.8 Å². The molecule has 0 saturated carbocycles. The molecule has 3 saturated heterocycles. The molecule has 3 rings (SSSR count). The second kappa shape index (κ2) is 4.53. The lowest BCUT2D eigenvalue weighted by atomic mass is 9.98. The van der Waals surface area contributed by atoms with Crippen LogP contribution in [0.1, 0.15) is 38.5 Å². The van der Waals surface area contributed by atoms with Gasteiger partial charge in [-0.2, -0.15) is 0 Å². The average molecular weight is 251 g/mol. The molecule has 3 atom stereocenters. The van der Waals surface area contributed by atoms with Crippen molar-refractivity contribution in [1.29, 1.82) is 0 Å². The Hall–Kier alpha value is -1.10. The van der Waals surface area contributed by atoms with Gasteiger partial charge in [0.05, 0.1) is 0 Å². The Morgan fingerprint density at radius 3 is 2.44 bits per heavy atom. The molecule has 0 aromatic carbocycles. The standard InChI is InChI=1S/C13H21N3O2/c1-16(13(18)11-4-5-12(17)15-11)10-6-8-2-3-9(7-10)14-8/h8-11,14H,2-7H2,1H3,(H,15,17)/t8?,9?,10?,11-/m1/s1. The SMILES string of the molecule is CN(C(=O)[C@H]1CCC(=O)N1)C1CC2CCC(C1)N2. The smallest absolute Gasteiger partial charge is 0.245 e. The number of piperidine rings is 1. The highest BCUT2D eigenvalue weighted by atomic mass is 16.2. The zero-order chi connectivity index (χ0) is 12.7. The van der Waals surface area contributed by atoms with Crippen LogP contribution in [0.3, 0.4) is 0 Å². The first-order valence-corrected chi connectivity index (χ1v) is 6.95. The van der Waals surface area contributed by atoms with Crippen molar-refractivity contribution in [3.8, 4) is 0 Å². The maximum absolute atomic E-state index is 12.3. The lowest BCUT2D eigenvalue weighted by Crippen LogP contribution is -2.52. The third-order valence-corrected chi connectivity index (χ3v) is 4.64. The molecule has 2 amide bonds. The van der Waals surface area contributed by atoms with Crippen LogP contribution in [0.2, 0.25) is 0 Å². The van der Waals surface area contributed by atoms with Crippen molar-refractivity contribution in [1.82, 2.24) is 15.5 Å². The second-order valence-corrected chi connectivity index (χ2v) is 5.87. The van der Waals surface area contributed by atoms with Gasteiger partial charge in [-0.05, 0) is 32.1 Å². The predicted molar refractivity (Wildman–Crippen MR) is 66.9 cm³/mol. The van der Waals surface area contributed by atoms with Crippen molar-refractivity contribution in [2.45, 2.75) is 62.7 Å². The van der Waals surface area contributed by atoms with Gasteiger partial charge in [0, 0.05) is 31.6 Å². The minimum absolute atomic E-state index is 0.00660. The van der Waals surface area contributed by atoms with Gasteiger partial charge in [-0.25, -0.2) is 0 Å². The predicted octanol–water partition coefficient (Wildman–Crippen LogP) is 0.00640. The second-order valence-electron chi connectivity index (χ2n) is 5.87. The van der Waals surface area contributed by atoms with E-state index in [2.05, 4.69) is 10.6 Å². The summed E-state index contributed by atoms with van der Waals surface area (Å²) < 4.78 is 0. The summed E-state index contributed by atoms with van der Waals surface area (Å²) >= 11 is 0. The van der Waals surface area contributed by atoms with E-state index in [4.69, 9.17) is 0 Å². The van der Waals surface area contributed by atoms with E-state index in [-0.39, 0.29) is 17.9 Å². The van der Waals surface area contributed by atoms with Gasteiger partial charge in [-0.15, -0.1) is 0 Å². The molecule has 100 valence electrons. The lowest BCUT2D eigenvalue weighted by molar-refractivity contribution is -0.135. The highest BCUT2D eigenvalue weighted by Gasteiger charge is 2.38. The van der Waals surface area contributed by atoms with E-state index in [1.165, 1.54) is 12.8 Å². The molecule has 3 heterocycles. The summed E-state index contributed by atoms with van der Waals surface area (Å²) in [6.45, 7) is 0. The molecule has 5 heteroatoms. The van der Waals surface area contributed by atoms with E-state index in [9.17, 15) is 9.59 Å². The van der Waals surface area contributed by atoms with E-state index in [0.29, 0.717) is 31.0 Å². The highest BCUT2D eigenvalue weighted by Crippen LogP contribution is 2.29. The van der Waals surface area contributed by atoms with Crippen molar-refractivity contribution in [2.24, 2.45) is 0 Å². The van der Waals surface area contributed by atoms with Crippen LogP contribution < -0.4 is 10.6 Å². The number of carbonyl (C=O) groups is 2. The van der Waals surface area contributed by atoms with E-state index < -0.39 is 0 Å². The Kier molecular flexibility index (Phi) is 3.01. The van der Waals surface area contributed by atoms with Gasteiger partial charge in [0.1, 0.15) is 6.04 Å². The molecule has 2 unspecified atom stereocenters. The molecule has 0 aromatic rings. The van der Waals surface area contributed by atoms with Gasteiger partial charge in [-0.3, -0.25) is 9.59 Å². The minimum atomic E-state index is -0.282. The molecule has 3 aliphatic rings. The Bertz CT molecular complexity index is 359.